The Bertz CT molecular complexity index is 773. The van der Waals surface area contributed by atoms with E-state index in [4.69, 9.17) is 0 Å². The number of ketones is 1. The maximum Gasteiger partial charge on any atom is 0.162 e. The predicted octanol–water partition coefficient (Wildman–Crippen LogP) is 7.23. The van der Waals surface area contributed by atoms with E-state index in [0.29, 0.717) is 40.8 Å². The lowest BCUT2D eigenvalue weighted by Crippen LogP contribution is -2.50. The SMILES string of the molecule is CC(C)C(C)/C=C/[C@@H](C)[C@H]1CC[C@H]2C3=CC(=O)C45CC4CC[C@]5(C)[C@H]3CC[C@]12C. The van der Waals surface area contributed by atoms with Crippen LogP contribution in [-0.2, 0) is 4.79 Å². The molecule has 1 spiro atoms. The molecule has 0 amide bonds. The van der Waals surface area contributed by atoms with Gasteiger partial charge in [0.15, 0.2) is 5.78 Å². The van der Waals surface area contributed by atoms with Crippen LogP contribution in [0, 0.1) is 57.7 Å². The Labute approximate surface area is 178 Å². The summed E-state index contributed by atoms with van der Waals surface area (Å²) in [6.45, 7) is 14.5. The standard InChI is InChI=1S/C28H42O/c1-17(2)18(3)7-8-19(4)22-9-10-23-21-15-25(29)28-16-20(28)11-14-27(28,6)24(21)12-13-26(22,23)5/h7-8,15,17-20,22-24H,9-14,16H2,1-6H3/b8-7+/t18?,19-,20?,22-,23+,24+,26-,27-,28?/m1/s1. The van der Waals surface area contributed by atoms with Crippen molar-refractivity contribution in [2.75, 3.05) is 0 Å². The Hall–Kier alpha value is -0.850. The largest absolute Gasteiger partial charge is 0.294 e. The molecule has 0 aromatic rings. The minimum Gasteiger partial charge on any atom is -0.294 e. The van der Waals surface area contributed by atoms with Gasteiger partial charge in [0.05, 0.1) is 0 Å². The molecule has 0 bridgehead atoms. The number of carbonyl (C=O) groups is 1. The molecule has 5 rings (SSSR count). The van der Waals surface area contributed by atoms with Gasteiger partial charge < -0.3 is 0 Å². The highest BCUT2D eigenvalue weighted by atomic mass is 16.1. The normalized spacial score (nSPS) is 50.0. The third-order valence-corrected chi connectivity index (χ3v) is 11.2. The van der Waals surface area contributed by atoms with Gasteiger partial charge >= 0.3 is 0 Å². The highest BCUT2D eigenvalue weighted by Gasteiger charge is 2.76. The van der Waals surface area contributed by atoms with Crippen LogP contribution in [0.5, 0.6) is 0 Å². The Morgan fingerprint density at radius 2 is 1.72 bits per heavy atom. The van der Waals surface area contributed by atoms with Gasteiger partial charge in [-0.25, -0.2) is 0 Å². The van der Waals surface area contributed by atoms with E-state index in [1.165, 1.54) is 44.9 Å². The van der Waals surface area contributed by atoms with Crippen LogP contribution in [0.4, 0.5) is 0 Å². The Morgan fingerprint density at radius 1 is 0.966 bits per heavy atom. The first-order chi connectivity index (χ1) is 13.6. The summed E-state index contributed by atoms with van der Waals surface area (Å²) in [5.74, 6) is 5.37. The lowest BCUT2D eigenvalue weighted by molar-refractivity contribution is -0.127. The summed E-state index contributed by atoms with van der Waals surface area (Å²) >= 11 is 0. The van der Waals surface area contributed by atoms with Crippen LogP contribution >= 0.6 is 0 Å². The van der Waals surface area contributed by atoms with Crippen LogP contribution in [0.2, 0.25) is 0 Å². The van der Waals surface area contributed by atoms with Crippen LogP contribution in [0.3, 0.4) is 0 Å². The second kappa shape index (κ2) is 6.33. The molecule has 5 aliphatic rings. The lowest BCUT2D eigenvalue weighted by Gasteiger charge is -2.54. The summed E-state index contributed by atoms with van der Waals surface area (Å²) in [6, 6.07) is 0. The summed E-state index contributed by atoms with van der Waals surface area (Å²) in [4.78, 5) is 13.4. The minimum absolute atomic E-state index is 0.0654. The first kappa shape index (κ1) is 20.1. The van der Waals surface area contributed by atoms with E-state index in [1.807, 2.05) is 0 Å². The zero-order valence-electron chi connectivity index (χ0n) is 19.6. The maximum atomic E-state index is 13.4. The van der Waals surface area contributed by atoms with E-state index in [2.05, 4.69) is 59.8 Å². The number of rotatable bonds is 4. The summed E-state index contributed by atoms with van der Waals surface area (Å²) in [5, 5.41) is 0. The van der Waals surface area contributed by atoms with Crippen LogP contribution in [0.15, 0.2) is 23.8 Å². The number of carbonyl (C=O) groups excluding carboxylic acids is 1. The smallest absolute Gasteiger partial charge is 0.162 e. The zero-order valence-corrected chi connectivity index (χ0v) is 19.6. The van der Waals surface area contributed by atoms with Crippen molar-refractivity contribution in [1.82, 2.24) is 0 Å². The van der Waals surface area contributed by atoms with Gasteiger partial charge in [0, 0.05) is 5.41 Å². The number of fused-ring (bicyclic) bond motifs is 4. The molecular formula is C28H42O. The maximum absolute atomic E-state index is 13.4. The molecule has 1 nitrogen and oxygen atoms in total. The van der Waals surface area contributed by atoms with Crippen molar-refractivity contribution in [2.45, 2.75) is 86.5 Å². The third-order valence-electron chi connectivity index (χ3n) is 11.2. The molecule has 1 heteroatoms. The monoisotopic (exact) mass is 394 g/mol. The average Bonchev–Trinajstić information content (AvgIpc) is 3.20. The highest BCUT2D eigenvalue weighted by Crippen LogP contribution is 2.79. The van der Waals surface area contributed by atoms with Gasteiger partial charge in [0.25, 0.3) is 0 Å². The van der Waals surface area contributed by atoms with Crippen LogP contribution in [0.25, 0.3) is 0 Å². The summed E-state index contributed by atoms with van der Waals surface area (Å²) in [5.41, 5.74) is 2.32. The minimum atomic E-state index is 0.0654. The van der Waals surface area contributed by atoms with E-state index in [9.17, 15) is 4.79 Å². The second-order valence-corrected chi connectivity index (χ2v) is 12.5. The zero-order chi connectivity index (χ0) is 20.8. The second-order valence-electron chi connectivity index (χ2n) is 12.5. The Balaban J connectivity index is 1.42. The fraction of sp³-hybridized carbons (Fsp3) is 0.821. The quantitative estimate of drug-likeness (QED) is 0.460. The molecule has 160 valence electrons. The van der Waals surface area contributed by atoms with Gasteiger partial charge in [-0.15, -0.1) is 0 Å². The van der Waals surface area contributed by atoms with Crippen LogP contribution in [0.1, 0.15) is 86.5 Å². The molecule has 0 aliphatic heterocycles. The lowest BCUT2D eigenvalue weighted by atomic mass is 9.49. The van der Waals surface area contributed by atoms with E-state index in [0.717, 1.165) is 11.8 Å². The molecule has 3 unspecified atom stereocenters. The molecule has 0 heterocycles. The molecule has 0 saturated heterocycles. The molecular weight excluding hydrogens is 352 g/mol. The average molecular weight is 395 g/mol. The molecule has 5 aliphatic carbocycles. The van der Waals surface area contributed by atoms with E-state index in [-0.39, 0.29) is 10.8 Å². The molecule has 4 fully saturated rings. The van der Waals surface area contributed by atoms with Gasteiger partial charge in [-0.3, -0.25) is 4.79 Å². The summed E-state index contributed by atoms with van der Waals surface area (Å²) in [7, 11) is 0. The molecule has 4 saturated carbocycles. The summed E-state index contributed by atoms with van der Waals surface area (Å²) < 4.78 is 0. The number of hydrogen-bond donors (Lipinski definition) is 0. The van der Waals surface area contributed by atoms with Gasteiger partial charge in [0.2, 0.25) is 0 Å². The van der Waals surface area contributed by atoms with Crippen molar-refractivity contribution in [1.29, 1.82) is 0 Å². The van der Waals surface area contributed by atoms with Gasteiger partial charge in [-0.2, -0.15) is 0 Å². The van der Waals surface area contributed by atoms with Gasteiger partial charge in [0.1, 0.15) is 0 Å². The fourth-order valence-electron chi connectivity index (χ4n) is 8.92. The first-order valence-electron chi connectivity index (χ1n) is 12.6. The van der Waals surface area contributed by atoms with Crippen molar-refractivity contribution < 1.29 is 4.79 Å². The van der Waals surface area contributed by atoms with Crippen LogP contribution < -0.4 is 0 Å². The number of allylic oxidation sites excluding steroid dienone is 4. The molecule has 0 radical (unpaired) electrons. The van der Waals surface area contributed by atoms with E-state index < -0.39 is 0 Å². The number of hydrogen-bond acceptors (Lipinski definition) is 1. The molecule has 0 aromatic carbocycles. The molecule has 29 heavy (non-hydrogen) atoms. The van der Waals surface area contributed by atoms with Crippen molar-refractivity contribution in [2.24, 2.45) is 57.7 Å². The van der Waals surface area contributed by atoms with Crippen molar-refractivity contribution in [3.8, 4) is 0 Å². The highest BCUT2D eigenvalue weighted by molar-refractivity contribution is 6.00. The van der Waals surface area contributed by atoms with E-state index in [1.54, 1.807) is 5.57 Å². The Morgan fingerprint density at radius 3 is 2.41 bits per heavy atom. The van der Waals surface area contributed by atoms with Crippen molar-refractivity contribution >= 4 is 5.78 Å². The van der Waals surface area contributed by atoms with Gasteiger partial charge in [-0.1, -0.05) is 59.3 Å². The summed E-state index contributed by atoms with van der Waals surface area (Å²) in [6.07, 6.45) is 16.3. The Kier molecular flexibility index (Phi) is 4.38. The topological polar surface area (TPSA) is 17.1 Å². The predicted molar refractivity (Wildman–Crippen MR) is 120 cm³/mol. The molecule has 0 aromatic heterocycles. The van der Waals surface area contributed by atoms with Gasteiger partial charge in [-0.05, 0) is 103 Å². The van der Waals surface area contributed by atoms with E-state index >= 15 is 0 Å². The van der Waals surface area contributed by atoms with Crippen LogP contribution in [-0.4, -0.2) is 5.78 Å². The fourth-order valence-corrected chi connectivity index (χ4v) is 8.92. The molecule has 9 atom stereocenters. The molecule has 0 N–H and O–H groups in total. The third kappa shape index (κ3) is 2.48. The first-order valence-corrected chi connectivity index (χ1v) is 12.6. The van der Waals surface area contributed by atoms with Crippen molar-refractivity contribution in [3.63, 3.8) is 0 Å². The van der Waals surface area contributed by atoms with Crippen molar-refractivity contribution in [3.05, 3.63) is 23.8 Å².